The standard InChI is InChI=1S/C5H3BrClNOS/c6-4-2-8-5(10-4)3(9)1-7/h2H,1H2. The van der Waals surface area contributed by atoms with Crippen molar-refractivity contribution in [1.82, 2.24) is 4.98 Å². The third-order valence-electron chi connectivity index (χ3n) is 0.837. The second-order valence-electron chi connectivity index (χ2n) is 1.53. The molecule has 2 nitrogen and oxygen atoms in total. The summed E-state index contributed by atoms with van der Waals surface area (Å²) in [6, 6.07) is 0. The third-order valence-corrected chi connectivity index (χ3v) is 2.60. The number of carbonyl (C=O) groups excluding carboxylic acids is 1. The molecule has 0 fully saturated rings. The highest BCUT2D eigenvalue weighted by atomic mass is 79.9. The molecule has 0 saturated heterocycles. The van der Waals surface area contributed by atoms with Gasteiger partial charge in [0.2, 0.25) is 5.78 Å². The normalized spacial score (nSPS) is 9.80. The van der Waals surface area contributed by atoms with Crippen LogP contribution in [0.5, 0.6) is 0 Å². The zero-order valence-corrected chi connectivity index (χ0v) is 7.96. The van der Waals surface area contributed by atoms with Gasteiger partial charge in [-0.3, -0.25) is 4.79 Å². The van der Waals surface area contributed by atoms with Gasteiger partial charge in [-0.1, -0.05) is 0 Å². The highest BCUT2D eigenvalue weighted by molar-refractivity contribution is 9.11. The first kappa shape index (κ1) is 8.17. The smallest absolute Gasteiger partial charge is 0.206 e. The lowest BCUT2D eigenvalue weighted by molar-refractivity contribution is 0.102. The van der Waals surface area contributed by atoms with Crippen LogP contribution < -0.4 is 0 Å². The number of alkyl halides is 1. The molecule has 0 aliphatic heterocycles. The van der Waals surface area contributed by atoms with Crippen molar-refractivity contribution in [3.63, 3.8) is 0 Å². The van der Waals surface area contributed by atoms with Crippen molar-refractivity contribution in [2.45, 2.75) is 0 Å². The van der Waals surface area contributed by atoms with Crippen LogP contribution in [0.4, 0.5) is 0 Å². The van der Waals surface area contributed by atoms with E-state index in [1.807, 2.05) is 0 Å². The average molecular weight is 241 g/mol. The van der Waals surface area contributed by atoms with Crippen molar-refractivity contribution in [2.75, 3.05) is 5.88 Å². The van der Waals surface area contributed by atoms with Crippen LogP contribution >= 0.6 is 38.9 Å². The van der Waals surface area contributed by atoms with Gasteiger partial charge in [-0.05, 0) is 15.9 Å². The van der Waals surface area contributed by atoms with Crippen molar-refractivity contribution in [3.8, 4) is 0 Å². The predicted octanol–water partition coefficient (Wildman–Crippen LogP) is 2.33. The van der Waals surface area contributed by atoms with E-state index in [-0.39, 0.29) is 11.7 Å². The number of hydrogen-bond donors (Lipinski definition) is 0. The predicted molar refractivity (Wildman–Crippen MR) is 44.9 cm³/mol. The number of hydrogen-bond acceptors (Lipinski definition) is 3. The van der Waals surface area contributed by atoms with E-state index in [0.717, 1.165) is 3.79 Å². The van der Waals surface area contributed by atoms with E-state index < -0.39 is 0 Å². The first-order chi connectivity index (χ1) is 4.74. The second kappa shape index (κ2) is 3.46. The summed E-state index contributed by atoms with van der Waals surface area (Å²) in [4.78, 5) is 14.6. The molecule has 0 aliphatic rings. The molecule has 0 aliphatic carbocycles. The second-order valence-corrected chi connectivity index (χ2v) is 4.20. The number of aromatic nitrogens is 1. The van der Waals surface area contributed by atoms with Crippen LogP contribution in [-0.2, 0) is 0 Å². The zero-order valence-electron chi connectivity index (χ0n) is 4.80. The Hall–Kier alpha value is 0.0700. The molecule has 5 heteroatoms. The molecule has 0 aromatic carbocycles. The fraction of sp³-hybridized carbons (Fsp3) is 0.200. The van der Waals surface area contributed by atoms with E-state index in [1.165, 1.54) is 11.3 Å². The SMILES string of the molecule is O=C(CCl)c1ncc(Br)s1. The molecule has 1 heterocycles. The molecule has 0 spiro atoms. The maximum atomic E-state index is 10.8. The Bertz CT molecular complexity index is 250. The lowest BCUT2D eigenvalue weighted by Gasteiger charge is -1.83. The van der Waals surface area contributed by atoms with Crippen LogP contribution in [0.25, 0.3) is 0 Å². The van der Waals surface area contributed by atoms with Crippen LogP contribution in [0, 0.1) is 0 Å². The van der Waals surface area contributed by atoms with Crippen molar-refractivity contribution in [1.29, 1.82) is 0 Å². The Labute approximate surface area is 75.4 Å². The minimum absolute atomic E-state index is 0.0000463. The van der Waals surface area contributed by atoms with Crippen LogP contribution in [0.3, 0.4) is 0 Å². The van der Waals surface area contributed by atoms with Gasteiger partial charge in [-0.15, -0.1) is 22.9 Å². The average Bonchev–Trinajstić information content (AvgIpc) is 2.34. The van der Waals surface area contributed by atoms with Crippen LogP contribution in [0.2, 0.25) is 0 Å². The number of Topliss-reactive ketones (excluding diaryl/α,β-unsaturated/α-hetero) is 1. The van der Waals surface area contributed by atoms with Gasteiger partial charge in [0.25, 0.3) is 0 Å². The lowest BCUT2D eigenvalue weighted by atomic mass is 10.5. The van der Waals surface area contributed by atoms with Gasteiger partial charge in [0.15, 0.2) is 5.01 Å². The van der Waals surface area contributed by atoms with Gasteiger partial charge >= 0.3 is 0 Å². The number of thiazole rings is 1. The molecule has 54 valence electrons. The molecule has 1 aromatic rings. The summed E-state index contributed by atoms with van der Waals surface area (Å²) >= 11 is 9.78. The molecule has 1 aromatic heterocycles. The summed E-state index contributed by atoms with van der Waals surface area (Å²) in [6.07, 6.45) is 1.59. The van der Waals surface area contributed by atoms with Crippen molar-refractivity contribution < 1.29 is 4.79 Å². The van der Waals surface area contributed by atoms with E-state index in [0.29, 0.717) is 5.01 Å². The molecule has 0 bridgehead atoms. The molecule has 0 radical (unpaired) electrons. The number of nitrogens with zero attached hydrogens (tertiary/aromatic N) is 1. The molecule has 10 heavy (non-hydrogen) atoms. The Morgan fingerprint density at radius 2 is 2.60 bits per heavy atom. The Morgan fingerprint density at radius 1 is 1.90 bits per heavy atom. The number of ketones is 1. The van der Waals surface area contributed by atoms with E-state index in [1.54, 1.807) is 6.20 Å². The van der Waals surface area contributed by atoms with Crippen LogP contribution in [-0.4, -0.2) is 16.6 Å². The van der Waals surface area contributed by atoms with E-state index in [4.69, 9.17) is 11.6 Å². The van der Waals surface area contributed by atoms with Crippen LogP contribution in [0.1, 0.15) is 9.80 Å². The van der Waals surface area contributed by atoms with Crippen LogP contribution in [0.15, 0.2) is 9.98 Å². The minimum Gasteiger partial charge on any atom is -0.290 e. The Morgan fingerprint density at radius 3 is 3.00 bits per heavy atom. The monoisotopic (exact) mass is 239 g/mol. The minimum atomic E-state index is -0.127. The van der Waals surface area contributed by atoms with Crippen molar-refractivity contribution >= 4 is 44.7 Å². The molecule has 0 amide bonds. The van der Waals surface area contributed by atoms with Gasteiger partial charge in [0, 0.05) is 0 Å². The third kappa shape index (κ3) is 1.78. The molecule has 0 unspecified atom stereocenters. The number of carbonyl (C=O) groups is 1. The summed E-state index contributed by atoms with van der Waals surface area (Å²) in [5.74, 6) is -0.127. The largest absolute Gasteiger partial charge is 0.290 e. The first-order valence-corrected chi connectivity index (χ1v) is 4.59. The molecular formula is C5H3BrClNOS. The summed E-state index contributed by atoms with van der Waals surface area (Å²) < 4.78 is 0.848. The number of rotatable bonds is 2. The summed E-state index contributed by atoms with van der Waals surface area (Å²) in [5.41, 5.74) is 0. The van der Waals surface area contributed by atoms with Crippen molar-refractivity contribution in [3.05, 3.63) is 15.0 Å². The molecule has 0 saturated carbocycles. The maximum Gasteiger partial charge on any atom is 0.206 e. The maximum absolute atomic E-state index is 10.8. The molecule has 0 atom stereocenters. The Balaban J connectivity index is 2.85. The summed E-state index contributed by atoms with van der Waals surface area (Å²) in [7, 11) is 0. The quantitative estimate of drug-likeness (QED) is 0.587. The van der Waals surface area contributed by atoms with Gasteiger partial charge in [-0.2, -0.15) is 0 Å². The molecule has 0 N–H and O–H groups in total. The van der Waals surface area contributed by atoms with E-state index >= 15 is 0 Å². The molecular weight excluding hydrogens is 237 g/mol. The first-order valence-electron chi connectivity index (χ1n) is 2.44. The highest BCUT2D eigenvalue weighted by Gasteiger charge is 2.07. The van der Waals surface area contributed by atoms with Gasteiger partial charge in [0.05, 0.1) is 15.9 Å². The topological polar surface area (TPSA) is 30.0 Å². The van der Waals surface area contributed by atoms with E-state index in [2.05, 4.69) is 20.9 Å². The van der Waals surface area contributed by atoms with E-state index in [9.17, 15) is 4.79 Å². The summed E-state index contributed by atoms with van der Waals surface area (Å²) in [5, 5.41) is 0.460. The lowest BCUT2D eigenvalue weighted by Crippen LogP contribution is -1.97. The zero-order chi connectivity index (χ0) is 7.56. The highest BCUT2D eigenvalue weighted by Crippen LogP contribution is 2.19. The van der Waals surface area contributed by atoms with Gasteiger partial charge in [-0.25, -0.2) is 4.98 Å². The number of halogens is 2. The van der Waals surface area contributed by atoms with Gasteiger partial charge in [0.1, 0.15) is 0 Å². The Kier molecular flexibility index (Phi) is 2.82. The fourth-order valence-electron chi connectivity index (χ4n) is 0.441. The van der Waals surface area contributed by atoms with Gasteiger partial charge < -0.3 is 0 Å². The molecule has 1 rings (SSSR count). The van der Waals surface area contributed by atoms with Crippen molar-refractivity contribution in [2.24, 2.45) is 0 Å². The fourth-order valence-corrected chi connectivity index (χ4v) is 1.79. The summed E-state index contributed by atoms with van der Waals surface area (Å²) in [6.45, 7) is 0.